The molecule has 0 unspecified atom stereocenters. The lowest BCUT2D eigenvalue weighted by molar-refractivity contribution is -0.122. The van der Waals surface area contributed by atoms with E-state index in [1.807, 2.05) is 67.4 Å². The topological polar surface area (TPSA) is 79.9 Å². The number of likely N-dealkylation sites (tertiary alicyclic amines) is 1. The Bertz CT molecular complexity index is 968. The lowest BCUT2D eigenvalue weighted by Crippen LogP contribution is -2.49. The summed E-state index contributed by atoms with van der Waals surface area (Å²) >= 11 is 0. The molecule has 2 aromatic rings. The monoisotopic (exact) mass is 342 g/mol. The molecule has 1 amide bonds. The normalized spacial score (nSPS) is 26.2. The fraction of sp³-hybridized carbons (Fsp3) is 0.286. The van der Waals surface area contributed by atoms with Crippen LogP contribution in [0.1, 0.15) is 22.7 Å². The van der Waals surface area contributed by atoms with Crippen LogP contribution in [0.3, 0.4) is 0 Å². The van der Waals surface area contributed by atoms with Crippen LogP contribution in [0.15, 0.2) is 48.5 Å². The van der Waals surface area contributed by atoms with Crippen molar-refractivity contribution in [3.8, 4) is 12.1 Å². The van der Waals surface area contributed by atoms with Gasteiger partial charge in [-0.25, -0.2) is 0 Å². The number of fused-ring (bicyclic) bond motifs is 2. The Morgan fingerprint density at radius 1 is 1.12 bits per heavy atom. The van der Waals surface area contributed by atoms with E-state index < -0.39 is 16.9 Å². The number of amides is 1. The Kier molecular flexibility index (Phi) is 3.41. The van der Waals surface area contributed by atoms with Crippen LogP contribution in [-0.4, -0.2) is 24.4 Å². The van der Waals surface area contributed by atoms with Gasteiger partial charge in [-0.1, -0.05) is 48.0 Å². The zero-order valence-electron chi connectivity index (χ0n) is 14.7. The van der Waals surface area contributed by atoms with E-state index in [9.17, 15) is 15.3 Å². The second kappa shape index (κ2) is 5.42. The van der Waals surface area contributed by atoms with Crippen molar-refractivity contribution in [2.24, 2.45) is 5.41 Å². The summed E-state index contributed by atoms with van der Waals surface area (Å²) in [5, 5.41) is 23.3. The number of likely N-dealkylation sites (N-methyl/N-ethyl adjacent to an activating group) is 1. The van der Waals surface area contributed by atoms with E-state index in [0.717, 1.165) is 16.7 Å². The number of nitrogens with zero attached hydrogens (tertiary/aromatic N) is 3. The number of carbonyl (C=O) groups excluding carboxylic acids is 1. The first-order chi connectivity index (χ1) is 12.5. The van der Waals surface area contributed by atoms with E-state index in [4.69, 9.17) is 0 Å². The van der Waals surface area contributed by atoms with E-state index in [-0.39, 0.29) is 5.91 Å². The smallest absolute Gasteiger partial charge is 0.239 e. The van der Waals surface area contributed by atoms with Gasteiger partial charge in [-0.2, -0.15) is 10.5 Å². The van der Waals surface area contributed by atoms with Gasteiger partial charge in [-0.05, 0) is 31.2 Å². The number of carbonyl (C=O) groups is 1. The second-order valence-corrected chi connectivity index (χ2v) is 7.16. The van der Waals surface area contributed by atoms with Crippen molar-refractivity contribution in [3.05, 3.63) is 65.2 Å². The molecule has 0 radical (unpaired) electrons. The molecule has 2 aliphatic rings. The van der Waals surface area contributed by atoms with E-state index in [1.165, 1.54) is 0 Å². The van der Waals surface area contributed by atoms with Gasteiger partial charge in [-0.15, -0.1) is 0 Å². The molecule has 5 nitrogen and oxygen atoms in total. The van der Waals surface area contributed by atoms with E-state index in [2.05, 4.69) is 17.5 Å². The maximum absolute atomic E-state index is 13.1. The molecular formula is C21H18N4O. The lowest BCUT2D eigenvalue weighted by Gasteiger charge is -2.33. The summed E-state index contributed by atoms with van der Waals surface area (Å²) in [5.41, 5.74) is 0.660. The van der Waals surface area contributed by atoms with Gasteiger partial charge in [0.05, 0.1) is 18.2 Å². The van der Waals surface area contributed by atoms with Crippen molar-refractivity contribution in [1.82, 2.24) is 4.90 Å². The molecule has 2 atom stereocenters. The summed E-state index contributed by atoms with van der Waals surface area (Å²) in [6.07, 6.45) is 0. The number of benzene rings is 2. The zero-order chi connectivity index (χ0) is 18.5. The number of nitrogens with one attached hydrogen (secondary N) is 1. The summed E-state index contributed by atoms with van der Waals surface area (Å²) in [4.78, 5) is 15.1. The average molecular weight is 342 g/mol. The Labute approximate surface area is 152 Å². The van der Waals surface area contributed by atoms with Crippen LogP contribution in [0.2, 0.25) is 0 Å². The molecular weight excluding hydrogens is 324 g/mol. The highest BCUT2D eigenvalue weighted by atomic mass is 16.2. The van der Waals surface area contributed by atoms with Crippen LogP contribution in [-0.2, 0) is 10.2 Å². The van der Waals surface area contributed by atoms with Gasteiger partial charge in [0.25, 0.3) is 0 Å². The SMILES string of the molecule is Cc1ccc([C@H]2N(C)C[C@@]3(C(=O)Nc4ccccc43)C2(C#N)C#N)cc1. The van der Waals surface area contributed by atoms with Crippen molar-refractivity contribution in [3.63, 3.8) is 0 Å². The van der Waals surface area contributed by atoms with Gasteiger partial charge in [0.15, 0.2) is 5.41 Å². The molecule has 1 fully saturated rings. The van der Waals surface area contributed by atoms with Gasteiger partial charge in [-0.3, -0.25) is 9.69 Å². The third-order valence-electron chi connectivity index (χ3n) is 5.78. The molecule has 2 aliphatic heterocycles. The molecule has 2 heterocycles. The number of anilines is 1. The van der Waals surface area contributed by atoms with Crippen LogP contribution in [0.25, 0.3) is 0 Å². The molecule has 26 heavy (non-hydrogen) atoms. The molecule has 1 saturated heterocycles. The predicted octanol–water partition coefficient (Wildman–Crippen LogP) is 2.91. The molecule has 0 bridgehead atoms. The maximum atomic E-state index is 13.1. The van der Waals surface area contributed by atoms with Gasteiger partial charge >= 0.3 is 0 Å². The van der Waals surface area contributed by atoms with Crippen molar-refractivity contribution in [2.75, 3.05) is 18.9 Å². The predicted molar refractivity (Wildman–Crippen MR) is 97.0 cm³/mol. The number of hydrogen-bond donors (Lipinski definition) is 1. The van der Waals surface area contributed by atoms with Gasteiger partial charge in [0.1, 0.15) is 5.41 Å². The number of para-hydroxylation sites is 1. The highest BCUT2D eigenvalue weighted by Crippen LogP contribution is 2.60. The first-order valence-corrected chi connectivity index (χ1v) is 8.50. The van der Waals surface area contributed by atoms with Crippen molar-refractivity contribution < 1.29 is 4.79 Å². The fourth-order valence-electron chi connectivity index (χ4n) is 4.61. The highest BCUT2D eigenvalue weighted by Gasteiger charge is 2.71. The Morgan fingerprint density at radius 3 is 2.42 bits per heavy atom. The fourth-order valence-corrected chi connectivity index (χ4v) is 4.61. The molecule has 5 heteroatoms. The minimum atomic E-state index is -1.52. The van der Waals surface area contributed by atoms with E-state index >= 15 is 0 Å². The number of nitriles is 2. The first kappa shape index (κ1) is 16.3. The van der Waals surface area contributed by atoms with Crippen LogP contribution in [0.4, 0.5) is 5.69 Å². The summed E-state index contributed by atoms with van der Waals surface area (Å²) < 4.78 is 0. The maximum Gasteiger partial charge on any atom is 0.239 e. The Hall–Kier alpha value is -3.15. The van der Waals surface area contributed by atoms with Crippen molar-refractivity contribution >= 4 is 11.6 Å². The Morgan fingerprint density at radius 2 is 1.77 bits per heavy atom. The number of hydrogen-bond acceptors (Lipinski definition) is 4. The minimum absolute atomic E-state index is 0.275. The molecule has 4 rings (SSSR count). The minimum Gasteiger partial charge on any atom is -0.325 e. The van der Waals surface area contributed by atoms with Gasteiger partial charge in [0, 0.05) is 12.2 Å². The first-order valence-electron chi connectivity index (χ1n) is 8.50. The van der Waals surface area contributed by atoms with Crippen LogP contribution in [0.5, 0.6) is 0 Å². The van der Waals surface area contributed by atoms with Crippen LogP contribution in [0, 0.1) is 35.0 Å². The van der Waals surface area contributed by atoms with E-state index in [1.54, 1.807) is 0 Å². The molecule has 1 spiro atoms. The average Bonchev–Trinajstić information content (AvgIpc) is 3.08. The molecule has 0 aromatic heterocycles. The largest absolute Gasteiger partial charge is 0.325 e. The zero-order valence-corrected chi connectivity index (χ0v) is 14.7. The molecule has 128 valence electrons. The summed E-state index contributed by atoms with van der Waals surface area (Å²) in [6, 6.07) is 19.2. The highest BCUT2D eigenvalue weighted by molar-refractivity contribution is 6.08. The van der Waals surface area contributed by atoms with Crippen molar-refractivity contribution in [2.45, 2.75) is 18.4 Å². The van der Waals surface area contributed by atoms with Gasteiger partial charge < -0.3 is 5.32 Å². The lowest BCUT2D eigenvalue weighted by atomic mass is 9.60. The van der Waals surface area contributed by atoms with Crippen molar-refractivity contribution in [1.29, 1.82) is 10.5 Å². The third kappa shape index (κ3) is 1.78. The number of aryl methyl sites for hydroxylation is 1. The van der Waals surface area contributed by atoms with Crippen LogP contribution >= 0.6 is 0 Å². The summed E-state index contributed by atoms with van der Waals surface area (Å²) in [7, 11) is 1.87. The summed E-state index contributed by atoms with van der Waals surface area (Å²) in [5.74, 6) is -0.275. The third-order valence-corrected chi connectivity index (χ3v) is 5.78. The second-order valence-electron chi connectivity index (χ2n) is 7.16. The molecule has 2 aromatic carbocycles. The Balaban J connectivity index is 1.99. The quantitative estimate of drug-likeness (QED) is 0.864. The standard InChI is InChI=1S/C21H18N4O/c1-14-7-9-15(10-8-14)18-20(11-22,12-23)21(13-25(18)2)16-5-3-4-6-17(16)24-19(21)26/h3-10,18H,13H2,1-2H3,(H,24,26)/t18-,21-/m1/s1. The number of rotatable bonds is 1. The van der Waals surface area contributed by atoms with Crippen LogP contribution < -0.4 is 5.32 Å². The molecule has 0 aliphatic carbocycles. The summed E-state index contributed by atoms with van der Waals surface area (Å²) in [6.45, 7) is 2.31. The molecule has 1 N–H and O–H groups in total. The van der Waals surface area contributed by atoms with Gasteiger partial charge in [0.2, 0.25) is 5.91 Å². The van der Waals surface area contributed by atoms with E-state index in [0.29, 0.717) is 12.2 Å². The molecule has 0 saturated carbocycles.